The van der Waals surface area contributed by atoms with Gasteiger partial charge in [0.1, 0.15) is 35.4 Å². The van der Waals surface area contributed by atoms with E-state index in [1.807, 2.05) is 0 Å². The lowest BCUT2D eigenvalue weighted by molar-refractivity contribution is 0.0693. The maximum Gasteiger partial charge on any atom is 0.339 e. The number of rotatable bonds is 2. The average Bonchev–Trinajstić information content (AvgIpc) is 2.31. The van der Waals surface area contributed by atoms with Crippen LogP contribution in [-0.4, -0.2) is 39.6 Å². The van der Waals surface area contributed by atoms with Gasteiger partial charge in [0.05, 0.1) is 5.56 Å². The molecule has 0 bridgehead atoms. The number of nitrogens with one attached hydrogen (secondary N) is 1. The quantitative estimate of drug-likeness (QED) is 0.570. The molecule has 94 valence electrons. The first-order valence-electron chi connectivity index (χ1n) is 5.11. The highest BCUT2D eigenvalue weighted by Crippen LogP contribution is 2.28. The first kappa shape index (κ1) is 11.9. The van der Waals surface area contributed by atoms with Gasteiger partial charge in [0.15, 0.2) is 0 Å². The van der Waals surface area contributed by atoms with Crippen molar-refractivity contribution < 1.29 is 20.1 Å². The molecule has 1 aliphatic heterocycles. The van der Waals surface area contributed by atoms with Gasteiger partial charge in [0.2, 0.25) is 0 Å². The lowest BCUT2D eigenvalue weighted by Gasteiger charge is -2.15. The van der Waals surface area contributed by atoms with Crippen LogP contribution in [0.3, 0.4) is 0 Å². The fourth-order valence-electron chi connectivity index (χ4n) is 1.58. The van der Waals surface area contributed by atoms with Crippen molar-refractivity contribution in [3.63, 3.8) is 0 Å². The number of phenolic OH excluding ortho intramolecular Hbond substituents is 1. The van der Waals surface area contributed by atoms with Crippen LogP contribution in [-0.2, 0) is 0 Å². The van der Waals surface area contributed by atoms with Crippen LogP contribution in [0.4, 0.5) is 0 Å². The number of nitrogens with zero attached hydrogens (tertiary/aromatic N) is 2. The van der Waals surface area contributed by atoms with Crippen LogP contribution < -0.4 is 5.32 Å². The van der Waals surface area contributed by atoms with Crippen LogP contribution in [0, 0.1) is 0 Å². The molecule has 1 aliphatic rings. The predicted molar refractivity (Wildman–Crippen MR) is 64.4 cm³/mol. The summed E-state index contributed by atoms with van der Waals surface area (Å²) in [4.78, 5) is 18.9. The summed E-state index contributed by atoms with van der Waals surface area (Å²) in [6.45, 7) is 1.90. The molecule has 1 aromatic rings. The monoisotopic (exact) mass is 249 g/mol. The number of hydrogen-bond acceptors (Lipinski definition) is 6. The van der Waals surface area contributed by atoms with Gasteiger partial charge < -0.3 is 20.6 Å². The van der Waals surface area contributed by atoms with Gasteiger partial charge in [-0.15, -0.1) is 0 Å². The number of carboxylic acids is 1. The normalized spacial score (nSPS) is 14.5. The zero-order chi connectivity index (χ0) is 13.3. The number of aromatic hydroxyl groups is 2. The van der Waals surface area contributed by atoms with E-state index in [1.165, 1.54) is 6.07 Å². The van der Waals surface area contributed by atoms with E-state index in [0.29, 0.717) is 5.84 Å². The SMILES string of the molecule is CC1=NCN=C(c2cc(O)cc(C(=O)O)c2O)N1. The minimum atomic E-state index is -1.33. The molecule has 2 rings (SSSR count). The van der Waals surface area contributed by atoms with Crippen LogP contribution in [0.2, 0.25) is 0 Å². The Morgan fingerprint density at radius 3 is 2.67 bits per heavy atom. The van der Waals surface area contributed by atoms with Gasteiger partial charge in [0, 0.05) is 0 Å². The first-order chi connectivity index (χ1) is 8.49. The summed E-state index contributed by atoms with van der Waals surface area (Å²) in [5, 5.41) is 31.1. The number of amidine groups is 2. The number of hydrogen-bond donors (Lipinski definition) is 4. The van der Waals surface area contributed by atoms with Gasteiger partial charge in [-0.3, -0.25) is 0 Å². The molecule has 0 fully saturated rings. The molecule has 4 N–H and O–H groups in total. The Hall–Kier alpha value is -2.57. The highest BCUT2D eigenvalue weighted by Gasteiger charge is 2.20. The molecular weight excluding hydrogens is 238 g/mol. The molecule has 0 unspecified atom stereocenters. The maximum atomic E-state index is 10.9. The molecule has 0 aromatic heterocycles. The average molecular weight is 249 g/mol. The van der Waals surface area contributed by atoms with Gasteiger partial charge in [-0.2, -0.15) is 0 Å². The molecule has 18 heavy (non-hydrogen) atoms. The fraction of sp³-hybridized carbons (Fsp3) is 0.182. The second kappa shape index (κ2) is 4.36. The third-order valence-corrected chi connectivity index (χ3v) is 2.42. The van der Waals surface area contributed by atoms with Crippen molar-refractivity contribution in [3.05, 3.63) is 23.3 Å². The summed E-state index contributed by atoms with van der Waals surface area (Å²) >= 11 is 0. The van der Waals surface area contributed by atoms with Crippen LogP contribution >= 0.6 is 0 Å². The number of aliphatic imine (C=N–C) groups is 2. The van der Waals surface area contributed by atoms with Crippen LogP contribution in [0.1, 0.15) is 22.8 Å². The van der Waals surface area contributed by atoms with Crippen molar-refractivity contribution in [1.82, 2.24) is 5.32 Å². The zero-order valence-electron chi connectivity index (χ0n) is 9.51. The second-order valence-corrected chi connectivity index (χ2v) is 3.71. The minimum Gasteiger partial charge on any atom is -0.508 e. The Balaban J connectivity index is 2.51. The van der Waals surface area contributed by atoms with Gasteiger partial charge in [-0.1, -0.05) is 0 Å². The van der Waals surface area contributed by atoms with Crippen LogP contribution in [0.15, 0.2) is 22.1 Å². The number of carbonyl (C=O) groups is 1. The van der Waals surface area contributed by atoms with Crippen molar-refractivity contribution in [2.45, 2.75) is 6.92 Å². The van der Waals surface area contributed by atoms with Gasteiger partial charge in [0.25, 0.3) is 0 Å². The zero-order valence-corrected chi connectivity index (χ0v) is 9.51. The lowest BCUT2D eigenvalue weighted by Crippen LogP contribution is -2.32. The Bertz CT molecular complexity index is 578. The molecule has 1 aromatic carbocycles. The number of aromatic carboxylic acids is 1. The lowest BCUT2D eigenvalue weighted by atomic mass is 10.1. The van der Waals surface area contributed by atoms with E-state index in [-0.39, 0.29) is 29.4 Å². The van der Waals surface area contributed by atoms with Crippen molar-refractivity contribution in [1.29, 1.82) is 0 Å². The summed E-state index contributed by atoms with van der Waals surface area (Å²) < 4.78 is 0. The van der Waals surface area contributed by atoms with Crippen LogP contribution in [0.25, 0.3) is 0 Å². The third-order valence-electron chi connectivity index (χ3n) is 2.42. The van der Waals surface area contributed by atoms with Crippen molar-refractivity contribution in [2.75, 3.05) is 6.67 Å². The van der Waals surface area contributed by atoms with Crippen molar-refractivity contribution >= 4 is 17.6 Å². The van der Waals surface area contributed by atoms with E-state index in [1.54, 1.807) is 6.92 Å². The summed E-state index contributed by atoms with van der Waals surface area (Å²) in [5.74, 6) is -1.16. The molecule has 0 aliphatic carbocycles. The molecule has 0 saturated heterocycles. The standard InChI is InChI=1S/C11H11N3O4/c1-5-12-4-13-10(14-5)7-2-6(15)3-8(9(7)16)11(17)18/h2-3,15-16H,4H2,1H3,(H,17,18)(H,12,13,14). The number of benzene rings is 1. The Labute approximate surface area is 102 Å². The Kier molecular flexibility index (Phi) is 2.88. The molecule has 0 amide bonds. The molecular formula is C11H11N3O4. The fourth-order valence-corrected chi connectivity index (χ4v) is 1.58. The van der Waals surface area contributed by atoms with E-state index in [9.17, 15) is 15.0 Å². The first-order valence-corrected chi connectivity index (χ1v) is 5.11. The molecule has 0 spiro atoms. The third kappa shape index (κ3) is 2.10. The summed E-state index contributed by atoms with van der Waals surface area (Å²) in [7, 11) is 0. The molecule has 0 saturated carbocycles. The molecule has 1 heterocycles. The molecule has 7 heteroatoms. The van der Waals surface area contributed by atoms with E-state index in [0.717, 1.165) is 6.07 Å². The summed E-state index contributed by atoms with van der Waals surface area (Å²) in [5.41, 5.74) is -0.253. The molecule has 0 atom stereocenters. The predicted octanol–water partition coefficient (Wildman–Crippen LogP) is 0.522. The van der Waals surface area contributed by atoms with Crippen molar-refractivity contribution in [3.8, 4) is 11.5 Å². The van der Waals surface area contributed by atoms with E-state index >= 15 is 0 Å². The van der Waals surface area contributed by atoms with E-state index < -0.39 is 11.7 Å². The minimum absolute atomic E-state index is 0.127. The summed E-state index contributed by atoms with van der Waals surface area (Å²) in [6.07, 6.45) is 0. The summed E-state index contributed by atoms with van der Waals surface area (Å²) in [6, 6.07) is 2.22. The topological polar surface area (TPSA) is 115 Å². The van der Waals surface area contributed by atoms with Gasteiger partial charge >= 0.3 is 5.97 Å². The smallest absolute Gasteiger partial charge is 0.339 e. The van der Waals surface area contributed by atoms with E-state index in [4.69, 9.17) is 5.11 Å². The number of phenols is 2. The highest BCUT2D eigenvalue weighted by atomic mass is 16.4. The van der Waals surface area contributed by atoms with Crippen LogP contribution in [0.5, 0.6) is 11.5 Å². The maximum absolute atomic E-state index is 10.9. The Morgan fingerprint density at radius 1 is 1.33 bits per heavy atom. The highest BCUT2D eigenvalue weighted by molar-refractivity contribution is 6.12. The second-order valence-electron chi connectivity index (χ2n) is 3.71. The largest absolute Gasteiger partial charge is 0.508 e. The number of carboxylic acid groups (broad SMARTS) is 1. The van der Waals surface area contributed by atoms with Gasteiger partial charge in [-0.05, 0) is 19.1 Å². The molecule has 0 radical (unpaired) electrons. The van der Waals surface area contributed by atoms with E-state index in [2.05, 4.69) is 15.3 Å². The Morgan fingerprint density at radius 2 is 2.06 bits per heavy atom. The van der Waals surface area contributed by atoms with Gasteiger partial charge in [-0.25, -0.2) is 14.8 Å². The van der Waals surface area contributed by atoms with Crippen molar-refractivity contribution in [2.24, 2.45) is 9.98 Å². The molecule has 7 nitrogen and oxygen atoms in total.